The van der Waals surface area contributed by atoms with Gasteiger partial charge in [-0.3, -0.25) is 4.79 Å². The minimum atomic E-state index is -0.323. The summed E-state index contributed by atoms with van der Waals surface area (Å²) >= 11 is 1.51. The Hall–Kier alpha value is -2.14. The average molecular weight is 343 g/mol. The van der Waals surface area contributed by atoms with Crippen LogP contribution >= 0.6 is 11.3 Å². The number of ether oxygens (including phenoxy) is 1. The SMILES string of the molecule is CCCOC(=O)c1c(NC(=O)c2ccccc2C)sc2c1CCC2. The van der Waals surface area contributed by atoms with Crippen molar-refractivity contribution in [3.8, 4) is 0 Å². The van der Waals surface area contributed by atoms with Crippen molar-refractivity contribution in [2.75, 3.05) is 11.9 Å². The molecule has 1 N–H and O–H groups in total. The van der Waals surface area contributed by atoms with E-state index < -0.39 is 0 Å². The Labute approximate surface area is 145 Å². The van der Waals surface area contributed by atoms with Crippen LogP contribution < -0.4 is 5.32 Å². The molecular weight excluding hydrogens is 322 g/mol. The monoisotopic (exact) mass is 343 g/mol. The second kappa shape index (κ2) is 7.18. The molecule has 4 nitrogen and oxygen atoms in total. The molecule has 0 saturated carbocycles. The van der Waals surface area contributed by atoms with Gasteiger partial charge < -0.3 is 10.1 Å². The first-order chi connectivity index (χ1) is 11.6. The largest absolute Gasteiger partial charge is 0.462 e. The van der Waals surface area contributed by atoms with Gasteiger partial charge in [-0.1, -0.05) is 25.1 Å². The molecule has 0 spiro atoms. The fourth-order valence-electron chi connectivity index (χ4n) is 2.97. The Morgan fingerprint density at radius 3 is 2.79 bits per heavy atom. The first-order valence-electron chi connectivity index (χ1n) is 8.30. The zero-order chi connectivity index (χ0) is 17.1. The van der Waals surface area contributed by atoms with Gasteiger partial charge in [-0.25, -0.2) is 4.79 Å². The molecule has 5 heteroatoms. The topological polar surface area (TPSA) is 55.4 Å². The van der Waals surface area contributed by atoms with Crippen LogP contribution in [-0.2, 0) is 17.6 Å². The maximum Gasteiger partial charge on any atom is 0.341 e. The number of rotatable bonds is 5. The summed E-state index contributed by atoms with van der Waals surface area (Å²) in [6.07, 6.45) is 3.68. The number of hydrogen-bond donors (Lipinski definition) is 1. The number of anilines is 1. The number of hydrogen-bond acceptors (Lipinski definition) is 4. The quantitative estimate of drug-likeness (QED) is 0.821. The fourth-order valence-corrected chi connectivity index (χ4v) is 4.25. The van der Waals surface area contributed by atoms with Gasteiger partial charge in [-0.15, -0.1) is 11.3 Å². The molecule has 1 aromatic heterocycles. The summed E-state index contributed by atoms with van der Waals surface area (Å²) in [5.41, 5.74) is 3.15. The van der Waals surface area contributed by atoms with E-state index in [-0.39, 0.29) is 11.9 Å². The molecule has 24 heavy (non-hydrogen) atoms. The average Bonchev–Trinajstić information content (AvgIpc) is 3.13. The first kappa shape index (κ1) is 16.7. The smallest absolute Gasteiger partial charge is 0.341 e. The molecule has 1 amide bonds. The molecule has 0 bridgehead atoms. The molecule has 0 aliphatic heterocycles. The van der Waals surface area contributed by atoms with E-state index in [0.29, 0.717) is 22.7 Å². The number of benzene rings is 1. The summed E-state index contributed by atoms with van der Waals surface area (Å²) in [4.78, 5) is 26.3. The van der Waals surface area contributed by atoms with Gasteiger partial charge in [0, 0.05) is 10.4 Å². The summed E-state index contributed by atoms with van der Waals surface area (Å²) in [7, 11) is 0. The maximum atomic E-state index is 12.6. The van der Waals surface area contributed by atoms with Gasteiger partial charge in [-0.2, -0.15) is 0 Å². The molecular formula is C19H21NO3S. The van der Waals surface area contributed by atoms with Crippen molar-refractivity contribution in [1.29, 1.82) is 0 Å². The van der Waals surface area contributed by atoms with E-state index in [0.717, 1.165) is 36.8 Å². The van der Waals surface area contributed by atoms with Crippen LogP contribution in [0.3, 0.4) is 0 Å². The molecule has 0 atom stereocenters. The van der Waals surface area contributed by atoms with Crippen molar-refractivity contribution in [2.24, 2.45) is 0 Å². The minimum Gasteiger partial charge on any atom is -0.462 e. The summed E-state index contributed by atoms with van der Waals surface area (Å²) in [5.74, 6) is -0.506. The van der Waals surface area contributed by atoms with E-state index in [1.54, 1.807) is 6.07 Å². The zero-order valence-electron chi connectivity index (χ0n) is 14.0. The standard InChI is InChI=1S/C19H21NO3S/c1-3-11-23-19(22)16-14-9-6-10-15(14)24-18(16)20-17(21)13-8-5-4-7-12(13)2/h4-5,7-8H,3,6,9-11H2,1-2H3,(H,20,21). The Kier molecular flexibility index (Phi) is 5.00. The van der Waals surface area contributed by atoms with Crippen LogP contribution in [0.25, 0.3) is 0 Å². The molecule has 0 unspecified atom stereocenters. The number of thiophene rings is 1. The van der Waals surface area contributed by atoms with Crippen molar-refractivity contribution in [3.63, 3.8) is 0 Å². The third-order valence-corrected chi connectivity index (χ3v) is 5.39. The Morgan fingerprint density at radius 2 is 2.04 bits per heavy atom. The molecule has 0 saturated heterocycles. The molecule has 1 aliphatic rings. The number of fused-ring (bicyclic) bond motifs is 1. The van der Waals surface area contributed by atoms with E-state index in [1.807, 2.05) is 32.0 Å². The maximum absolute atomic E-state index is 12.6. The van der Waals surface area contributed by atoms with Gasteiger partial charge in [0.15, 0.2) is 0 Å². The van der Waals surface area contributed by atoms with E-state index >= 15 is 0 Å². The van der Waals surface area contributed by atoms with Crippen LogP contribution in [0.15, 0.2) is 24.3 Å². The number of amides is 1. The van der Waals surface area contributed by atoms with Crippen molar-refractivity contribution in [1.82, 2.24) is 0 Å². The van der Waals surface area contributed by atoms with Crippen molar-refractivity contribution in [3.05, 3.63) is 51.4 Å². The molecule has 126 valence electrons. The molecule has 3 rings (SSSR count). The number of carbonyl (C=O) groups excluding carboxylic acids is 2. The highest BCUT2D eigenvalue weighted by Crippen LogP contribution is 2.39. The second-order valence-electron chi connectivity index (χ2n) is 5.97. The Balaban J connectivity index is 1.89. The normalized spacial score (nSPS) is 12.8. The van der Waals surface area contributed by atoms with E-state index in [4.69, 9.17) is 4.74 Å². The molecule has 1 aliphatic carbocycles. The van der Waals surface area contributed by atoms with Crippen LogP contribution in [0.5, 0.6) is 0 Å². The van der Waals surface area contributed by atoms with Gasteiger partial charge in [0.05, 0.1) is 12.2 Å². The first-order valence-corrected chi connectivity index (χ1v) is 9.12. The van der Waals surface area contributed by atoms with Crippen LogP contribution in [-0.4, -0.2) is 18.5 Å². The van der Waals surface area contributed by atoms with Gasteiger partial charge in [0.2, 0.25) is 0 Å². The highest BCUT2D eigenvalue weighted by atomic mass is 32.1. The third kappa shape index (κ3) is 3.22. The predicted molar refractivity (Wildman–Crippen MR) is 96.0 cm³/mol. The number of esters is 1. The summed E-state index contributed by atoms with van der Waals surface area (Å²) in [5, 5.41) is 3.55. The van der Waals surface area contributed by atoms with Crippen LogP contribution in [0.4, 0.5) is 5.00 Å². The second-order valence-corrected chi connectivity index (χ2v) is 7.07. The van der Waals surface area contributed by atoms with Crippen LogP contribution in [0.2, 0.25) is 0 Å². The van der Waals surface area contributed by atoms with E-state index in [1.165, 1.54) is 16.2 Å². The van der Waals surface area contributed by atoms with Crippen molar-refractivity contribution < 1.29 is 14.3 Å². The number of nitrogens with one attached hydrogen (secondary N) is 1. The fraction of sp³-hybridized carbons (Fsp3) is 0.368. The van der Waals surface area contributed by atoms with E-state index in [9.17, 15) is 9.59 Å². The Morgan fingerprint density at radius 1 is 1.25 bits per heavy atom. The molecule has 1 aromatic carbocycles. The van der Waals surface area contributed by atoms with Crippen LogP contribution in [0, 0.1) is 6.92 Å². The predicted octanol–water partition coefficient (Wildman–Crippen LogP) is 4.36. The van der Waals surface area contributed by atoms with Gasteiger partial charge >= 0.3 is 5.97 Å². The number of aryl methyl sites for hydroxylation is 2. The van der Waals surface area contributed by atoms with Gasteiger partial charge in [-0.05, 0) is 49.8 Å². The highest BCUT2D eigenvalue weighted by Gasteiger charge is 2.28. The lowest BCUT2D eigenvalue weighted by Crippen LogP contribution is -2.16. The lowest BCUT2D eigenvalue weighted by atomic mass is 10.1. The minimum absolute atomic E-state index is 0.183. The molecule has 1 heterocycles. The van der Waals surface area contributed by atoms with E-state index in [2.05, 4.69) is 5.32 Å². The summed E-state index contributed by atoms with van der Waals surface area (Å²) in [6.45, 7) is 4.26. The van der Waals surface area contributed by atoms with Gasteiger partial charge in [0.25, 0.3) is 5.91 Å². The highest BCUT2D eigenvalue weighted by molar-refractivity contribution is 7.17. The summed E-state index contributed by atoms with van der Waals surface area (Å²) in [6, 6.07) is 7.44. The Bertz CT molecular complexity index is 779. The van der Waals surface area contributed by atoms with Crippen LogP contribution in [0.1, 0.15) is 56.5 Å². The molecule has 2 aromatic rings. The zero-order valence-corrected chi connectivity index (χ0v) is 14.8. The number of carbonyl (C=O) groups is 2. The van der Waals surface area contributed by atoms with Gasteiger partial charge in [0.1, 0.15) is 5.00 Å². The molecule has 0 radical (unpaired) electrons. The summed E-state index contributed by atoms with van der Waals surface area (Å²) < 4.78 is 5.33. The lowest BCUT2D eigenvalue weighted by Gasteiger charge is -2.09. The molecule has 0 fully saturated rings. The lowest BCUT2D eigenvalue weighted by molar-refractivity contribution is 0.0505. The third-order valence-electron chi connectivity index (χ3n) is 4.18. The van der Waals surface area contributed by atoms with Crippen molar-refractivity contribution in [2.45, 2.75) is 39.5 Å². The van der Waals surface area contributed by atoms with Crippen molar-refractivity contribution >= 4 is 28.2 Å².